The minimum Gasteiger partial charge on any atom is -0.484 e. The van der Waals surface area contributed by atoms with Crippen LogP contribution in [0.15, 0.2) is 40.9 Å². The average molecular weight is 352 g/mol. The van der Waals surface area contributed by atoms with Gasteiger partial charge in [0.15, 0.2) is 6.61 Å². The number of halogens is 2. The van der Waals surface area contributed by atoms with Crippen molar-refractivity contribution in [2.24, 2.45) is 0 Å². The first-order valence-corrected chi connectivity index (χ1v) is 7.20. The highest BCUT2D eigenvalue weighted by atomic mass is 79.9. The SMILES string of the molecule is Cc1cc(OCC(=O)Nc2cccc(F)c2)cc(C)c1Br. The van der Waals surface area contributed by atoms with Crippen LogP contribution in [-0.2, 0) is 4.79 Å². The molecule has 0 fully saturated rings. The second-order valence-electron chi connectivity index (χ2n) is 4.72. The Morgan fingerprint density at radius 2 is 1.90 bits per heavy atom. The van der Waals surface area contributed by atoms with Gasteiger partial charge in [-0.3, -0.25) is 4.79 Å². The van der Waals surface area contributed by atoms with Crippen LogP contribution in [-0.4, -0.2) is 12.5 Å². The number of ether oxygens (including phenoxy) is 1. The summed E-state index contributed by atoms with van der Waals surface area (Å²) in [5.41, 5.74) is 2.48. The minimum absolute atomic E-state index is 0.128. The average Bonchev–Trinajstić information content (AvgIpc) is 2.42. The van der Waals surface area contributed by atoms with Gasteiger partial charge in [0, 0.05) is 10.2 Å². The summed E-state index contributed by atoms with van der Waals surface area (Å²) in [6, 6.07) is 9.44. The fourth-order valence-electron chi connectivity index (χ4n) is 1.90. The van der Waals surface area contributed by atoms with E-state index in [9.17, 15) is 9.18 Å². The zero-order chi connectivity index (χ0) is 15.4. The normalized spacial score (nSPS) is 10.3. The summed E-state index contributed by atoms with van der Waals surface area (Å²) < 4.78 is 19.5. The molecule has 0 aliphatic carbocycles. The Bertz CT molecular complexity index is 650. The van der Waals surface area contributed by atoms with Gasteiger partial charge in [-0.1, -0.05) is 22.0 Å². The van der Waals surface area contributed by atoms with Crippen molar-refractivity contribution in [3.8, 4) is 5.75 Å². The van der Waals surface area contributed by atoms with Gasteiger partial charge in [0.2, 0.25) is 0 Å². The molecule has 2 aromatic carbocycles. The second-order valence-corrected chi connectivity index (χ2v) is 5.51. The van der Waals surface area contributed by atoms with Crippen LogP contribution in [0.3, 0.4) is 0 Å². The second kappa shape index (κ2) is 6.72. The minimum atomic E-state index is -0.395. The monoisotopic (exact) mass is 351 g/mol. The Morgan fingerprint density at radius 1 is 1.24 bits per heavy atom. The predicted octanol–water partition coefficient (Wildman–Crippen LogP) is 4.22. The van der Waals surface area contributed by atoms with Crippen LogP contribution in [0.5, 0.6) is 5.75 Å². The van der Waals surface area contributed by atoms with E-state index in [4.69, 9.17) is 4.74 Å². The van der Waals surface area contributed by atoms with E-state index in [1.165, 1.54) is 18.2 Å². The maximum atomic E-state index is 13.0. The summed E-state index contributed by atoms with van der Waals surface area (Å²) in [4.78, 5) is 11.8. The largest absolute Gasteiger partial charge is 0.484 e. The van der Waals surface area contributed by atoms with Crippen LogP contribution < -0.4 is 10.1 Å². The maximum absolute atomic E-state index is 13.0. The molecule has 1 amide bonds. The number of rotatable bonds is 4. The van der Waals surface area contributed by atoms with E-state index in [1.807, 2.05) is 26.0 Å². The molecule has 5 heteroatoms. The summed E-state index contributed by atoms with van der Waals surface area (Å²) >= 11 is 3.47. The fourth-order valence-corrected chi connectivity index (χ4v) is 2.13. The summed E-state index contributed by atoms with van der Waals surface area (Å²) in [6.07, 6.45) is 0. The lowest BCUT2D eigenvalue weighted by Crippen LogP contribution is -2.20. The lowest BCUT2D eigenvalue weighted by Gasteiger charge is -2.10. The van der Waals surface area contributed by atoms with Crippen molar-refractivity contribution in [3.05, 3.63) is 57.8 Å². The van der Waals surface area contributed by atoms with Crippen LogP contribution >= 0.6 is 15.9 Å². The van der Waals surface area contributed by atoms with Gasteiger partial charge in [-0.2, -0.15) is 0 Å². The van der Waals surface area contributed by atoms with Crippen LogP contribution in [0.25, 0.3) is 0 Å². The van der Waals surface area contributed by atoms with Gasteiger partial charge in [0.05, 0.1) is 0 Å². The topological polar surface area (TPSA) is 38.3 Å². The van der Waals surface area contributed by atoms with Gasteiger partial charge in [0.25, 0.3) is 5.91 Å². The quantitative estimate of drug-likeness (QED) is 0.895. The third-order valence-corrected chi connectivity index (χ3v) is 4.14. The summed E-state index contributed by atoms with van der Waals surface area (Å²) in [5, 5.41) is 2.58. The number of carbonyl (C=O) groups is 1. The first kappa shape index (κ1) is 15.5. The third kappa shape index (κ3) is 4.29. The molecule has 0 saturated heterocycles. The number of hydrogen-bond acceptors (Lipinski definition) is 2. The molecule has 0 unspecified atom stereocenters. The molecule has 3 nitrogen and oxygen atoms in total. The van der Waals surface area contributed by atoms with Crippen LogP contribution in [0.1, 0.15) is 11.1 Å². The van der Waals surface area contributed by atoms with Crippen molar-refractivity contribution in [2.75, 3.05) is 11.9 Å². The lowest BCUT2D eigenvalue weighted by atomic mass is 10.1. The van der Waals surface area contributed by atoms with E-state index in [2.05, 4.69) is 21.2 Å². The molecule has 0 bridgehead atoms. The molecular formula is C16H15BrFNO2. The Hall–Kier alpha value is -1.88. The lowest BCUT2D eigenvalue weighted by molar-refractivity contribution is -0.118. The van der Waals surface area contributed by atoms with Crippen LogP contribution in [0, 0.1) is 19.7 Å². The van der Waals surface area contributed by atoms with Gasteiger partial charge in [-0.15, -0.1) is 0 Å². The molecule has 1 N–H and O–H groups in total. The maximum Gasteiger partial charge on any atom is 0.262 e. The van der Waals surface area contributed by atoms with Gasteiger partial charge in [-0.05, 0) is 55.3 Å². The number of benzene rings is 2. The van der Waals surface area contributed by atoms with E-state index >= 15 is 0 Å². The van der Waals surface area contributed by atoms with Gasteiger partial charge in [0.1, 0.15) is 11.6 Å². The molecule has 2 rings (SSSR count). The third-order valence-electron chi connectivity index (χ3n) is 2.89. The van der Waals surface area contributed by atoms with Crippen molar-refractivity contribution in [1.82, 2.24) is 0 Å². The molecule has 0 aromatic heterocycles. The van der Waals surface area contributed by atoms with E-state index in [0.717, 1.165) is 15.6 Å². The van der Waals surface area contributed by atoms with Gasteiger partial charge in [-0.25, -0.2) is 4.39 Å². The van der Waals surface area contributed by atoms with Gasteiger partial charge >= 0.3 is 0 Å². The van der Waals surface area contributed by atoms with E-state index < -0.39 is 5.82 Å². The molecule has 110 valence electrons. The number of hydrogen-bond donors (Lipinski definition) is 1. The number of nitrogens with one attached hydrogen (secondary N) is 1. The Balaban J connectivity index is 1.95. The highest BCUT2D eigenvalue weighted by Gasteiger charge is 2.07. The molecule has 0 spiro atoms. The summed E-state index contributed by atoms with van der Waals surface area (Å²) in [5.74, 6) is -0.103. The molecule has 21 heavy (non-hydrogen) atoms. The number of aryl methyl sites for hydroxylation is 2. The molecule has 0 heterocycles. The van der Waals surface area contributed by atoms with Crippen LogP contribution in [0.2, 0.25) is 0 Å². The first-order valence-electron chi connectivity index (χ1n) is 6.40. The Kier molecular flexibility index (Phi) is 4.96. The highest BCUT2D eigenvalue weighted by molar-refractivity contribution is 9.10. The van der Waals surface area contributed by atoms with Crippen molar-refractivity contribution < 1.29 is 13.9 Å². The highest BCUT2D eigenvalue weighted by Crippen LogP contribution is 2.26. The standard InChI is InChI=1S/C16H15BrFNO2/c1-10-6-14(7-11(2)16(10)17)21-9-15(20)19-13-5-3-4-12(18)8-13/h3-8H,9H2,1-2H3,(H,19,20). The number of anilines is 1. The zero-order valence-corrected chi connectivity index (χ0v) is 13.3. The zero-order valence-electron chi connectivity index (χ0n) is 11.7. The van der Waals surface area contributed by atoms with Gasteiger partial charge < -0.3 is 10.1 Å². The van der Waals surface area contributed by atoms with E-state index in [0.29, 0.717) is 11.4 Å². The van der Waals surface area contributed by atoms with Crippen molar-refractivity contribution >= 4 is 27.5 Å². The Labute approximate surface area is 131 Å². The van der Waals surface area contributed by atoms with Crippen molar-refractivity contribution in [1.29, 1.82) is 0 Å². The van der Waals surface area contributed by atoms with E-state index in [-0.39, 0.29) is 12.5 Å². The molecule has 0 atom stereocenters. The molecule has 0 saturated carbocycles. The molecular weight excluding hydrogens is 337 g/mol. The molecule has 0 aliphatic heterocycles. The smallest absolute Gasteiger partial charge is 0.262 e. The summed E-state index contributed by atoms with van der Waals surface area (Å²) in [7, 11) is 0. The number of amides is 1. The Morgan fingerprint density at radius 3 is 2.52 bits per heavy atom. The van der Waals surface area contributed by atoms with Crippen molar-refractivity contribution in [3.63, 3.8) is 0 Å². The van der Waals surface area contributed by atoms with E-state index in [1.54, 1.807) is 6.07 Å². The summed E-state index contributed by atoms with van der Waals surface area (Å²) in [6.45, 7) is 3.78. The molecule has 2 aromatic rings. The molecule has 0 radical (unpaired) electrons. The van der Waals surface area contributed by atoms with Crippen LogP contribution in [0.4, 0.5) is 10.1 Å². The first-order chi connectivity index (χ1) is 9.95. The number of carbonyl (C=O) groups excluding carboxylic acids is 1. The van der Waals surface area contributed by atoms with Crippen molar-refractivity contribution in [2.45, 2.75) is 13.8 Å². The predicted molar refractivity (Wildman–Crippen MR) is 84.1 cm³/mol. The fraction of sp³-hybridized carbons (Fsp3) is 0.188. The molecule has 0 aliphatic rings.